The second-order valence-corrected chi connectivity index (χ2v) is 4.15. The molecule has 106 valence electrons. The van der Waals surface area contributed by atoms with Crippen LogP contribution in [-0.4, -0.2) is 6.18 Å². The Morgan fingerprint density at radius 2 is 1.60 bits per heavy atom. The molecule has 2 rings (SSSR count). The van der Waals surface area contributed by atoms with Crippen LogP contribution in [0.1, 0.15) is 11.6 Å². The van der Waals surface area contributed by atoms with Crippen LogP contribution in [0.25, 0.3) is 0 Å². The quantitative estimate of drug-likeness (QED) is 0.859. The van der Waals surface area contributed by atoms with E-state index in [0.29, 0.717) is 5.75 Å². The zero-order valence-electron chi connectivity index (χ0n) is 10.2. The van der Waals surface area contributed by atoms with Gasteiger partial charge < -0.3 is 10.5 Å². The van der Waals surface area contributed by atoms with E-state index in [2.05, 4.69) is 0 Å². The number of nitrogens with two attached hydrogens (primary N) is 1. The summed E-state index contributed by atoms with van der Waals surface area (Å²) in [7, 11) is 0. The van der Waals surface area contributed by atoms with E-state index in [4.69, 9.17) is 10.5 Å². The van der Waals surface area contributed by atoms with Crippen LogP contribution < -0.4 is 10.5 Å². The van der Waals surface area contributed by atoms with Crippen LogP contribution >= 0.6 is 0 Å². The van der Waals surface area contributed by atoms with Crippen LogP contribution in [0.2, 0.25) is 0 Å². The van der Waals surface area contributed by atoms with Crippen molar-refractivity contribution in [2.45, 2.75) is 12.2 Å². The lowest BCUT2D eigenvalue weighted by Gasteiger charge is -2.16. The summed E-state index contributed by atoms with van der Waals surface area (Å²) in [5, 5.41) is 0. The Kier molecular flexibility index (Phi) is 3.94. The molecule has 20 heavy (non-hydrogen) atoms. The minimum atomic E-state index is -4.52. The number of hydrogen-bond donors (Lipinski definition) is 1. The molecule has 0 spiro atoms. The van der Waals surface area contributed by atoms with E-state index < -0.39 is 18.0 Å². The van der Waals surface area contributed by atoms with E-state index in [0.717, 1.165) is 0 Å². The molecule has 2 N–H and O–H groups in total. The molecule has 0 amide bonds. The van der Waals surface area contributed by atoms with Crippen molar-refractivity contribution in [3.8, 4) is 11.5 Å². The van der Waals surface area contributed by atoms with E-state index >= 15 is 0 Å². The van der Waals surface area contributed by atoms with E-state index in [9.17, 15) is 17.6 Å². The van der Waals surface area contributed by atoms with E-state index in [-0.39, 0.29) is 11.3 Å². The molecule has 0 aliphatic carbocycles. The van der Waals surface area contributed by atoms with Crippen molar-refractivity contribution in [1.82, 2.24) is 0 Å². The van der Waals surface area contributed by atoms with E-state index in [1.54, 1.807) is 0 Å². The molecule has 0 aromatic heterocycles. The Bertz CT molecular complexity index is 580. The predicted molar refractivity (Wildman–Crippen MR) is 65.9 cm³/mol. The highest BCUT2D eigenvalue weighted by Gasteiger charge is 2.37. The van der Waals surface area contributed by atoms with Crippen LogP contribution in [0.15, 0.2) is 48.5 Å². The lowest BCUT2D eigenvalue weighted by atomic mass is 10.1. The molecule has 1 atom stereocenters. The molecule has 2 aromatic carbocycles. The van der Waals surface area contributed by atoms with Gasteiger partial charge in [-0.15, -0.1) is 0 Å². The zero-order chi connectivity index (χ0) is 14.8. The lowest BCUT2D eigenvalue weighted by Crippen LogP contribution is -2.28. The first-order valence-electron chi connectivity index (χ1n) is 5.72. The summed E-state index contributed by atoms with van der Waals surface area (Å²) in [5.41, 5.74) is 5.02. The molecule has 0 aliphatic rings. The molecule has 0 radical (unpaired) electrons. The highest BCUT2D eigenvalue weighted by Crippen LogP contribution is 2.32. The van der Waals surface area contributed by atoms with Crippen LogP contribution in [0, 0.1) is 5.82 Å². The van der Waals surface area contributed by atoms with Gasteiger partial charge in [-0.2, -0.15) is 13.2 Å². The van der Waals surface area contributed by atoms with E-state index in [1.807, 2.05) is 0 Å². The van der Waals surface area contributed by atoms with Gasteiger partial charge in [-0.1, -0.05) is 12.1 Å². The van der Waals surface area contributed by atoms with Gasteiger partial charge in [-0.3, -0.25) is 0 Å². The van der Waals surface area contributed by atoms with Crippen LogP contribution in [0.3, 0.4) is 0 Å². The number of alkyl halides is 3. The van der Waals surface area contributed by atoms with Gasteiger partial charge in [0, 0.05) is 0 Å². The number of benzene rings is 2. The summed E-state index contributed by atoms with van der Waals surface area (Å²) in [5.74, 6) is 0.100. The molecule has 2 aromatic rings. The molecule has 0 unspecified atom stereocenters. The fraction of sp³-hybridized carbons (Fsp3) is 0.143. The van der Waals surface area contributed by atoms with Crippen molar-refractivity contribution >= 4 is 0 Å². The first kappa shape index (κ1) is 14.3. The molecule has 0 fully saturated rings. The number of halogens is 4. The molecule has 6 heteroatoms. The van der Waals surface area contributed by atoms with Crippen LogP contribution in [0.4, 0.5) is 17.6 Å². The number of hydrogen-bond acceptors (Lipinski definition) is 2. The third-order valence-electron chi connectivity index (χ3n) is 2.62. The lowest BCUT2D eigenvalue weighted by molar-refractivity contribution is -0.149. The monoisotopic (exact) mass is 285 g/mol. The molecule has 0 saturated carbocycles. The molecule has 0 heterocycles. The average Bonchev–Trinajstić information content (AvgIpc) is 2.40. The van der Waals surface area contributed by atoms with Crippen molar-refractivity contribution in [3.63, 3.8) is 0 Å². The van der Waals surface area contributed by atoms with Crippen molar-refractivity contribution in [1.29, 1.82) is 0 Å². The van der Waals surface area contributed by atoms with Gasteiger partial charge in [0.25, 0.3) is 0 Å². The van der Waals surface area contributed by atoms with Gasteiger partial charge in [-0.25, -0.2) is 4.39 Å². The molecular formula is C14H11F4NO. The summed E-state index contributed by atoms with van der Waals surface area (Å²) in [6.07, 6.45) is -4.52. The molecule has 0 aliphatic heterocycles. The van der Waals surface area contributed by atoms with Gasteiger partial charge in [0.1, 0.15) is 23.4 Å². The molecular weight excluding hydrogens is 274 g/mol. The summed E-state index contributed by atoms with van der Waals surface area (Å²) in [6, 6.07) is 8.48. The second-order valence-electron chi connectivity index (χ2n) is 4.15. The smallest absolute Gasteiger partial charge is 0.407 e. The standard InChI is InChI=1S/C14H11F4NO/c15-10-4-6-11(7-5-10)20-12-3-1-2-9(8-12)13(19)14(16,17)18/h1-8,13H,19H2/t13-/m0/s1. The molecule has 0 saturated heterocycles. The van der Waals surface area contributed by atoms with Crippen LogP contribution in [-0.2, 0) is 0 Å². The predicted octanol–water partition coefficient (Wildman–Crippen LogP) is 4.18. The Hall–Kier alpha value is -2.08. The summed E-state index contributed by atoms with van der Waals surface area (Å²) < 4.78 is 55.7. The van der Waals surface area contributed by atoms with Crippen molar-refractivity contribution in [3.05, 3.63) is 59.9 Å². The Labute approximate surface area is 112 Å². The number of ether oxygens (including phenoxy) is 1. The SMILES string of the molecule is N[C@@H](c1cccc(Oc2ccc(F)cc2)c1)C(F)(F)F. The Balaban J connectivity index is 2.20. The zero-order valence-corrected chi connectivity index (χ0v) is 10.2. The van der Waals surface area contributed by atoms with Gasteiger partial charge in [0.05, 0.1) is 0 Å². The highest BCUT2D eigenvalue weighted by atomic mass is 19.4. The summed E-state index contributed by atoms with van der Waals surface area (Å²) in [4.78, 5) is 0. The highest BCUT2D eigenvalue weighted by molar-refractivity contribution is 5.35. The second kappa shape index (κ2) is 5.50. The normalized spacial score (nSPS) is 13.1. The third kappa shape index (κ3) is 3.48. The van der Waals surface area contributed by atoms with E-state index in [1.165, 1.54) is 48.5 Å². The van der Waals surface area contributed by atoms with Crippen molar-refractivity contribution in [2.24, 2.45) is 5.73 Å². The minimum absolute atomic E-state index is 0.0999. The maximum Gasteiger partial charge on any atom is 0.407 e. The minimum Gasteiger partial charge on any atom is -0.457 e. The Morgan fingerprint density at radius 1 is 0.950 bits per heavy atom. The summed E-state index contributed by atoms with van der Waals surface area (Å²) >= 11 is 0. The van der Waals surface area contributed by atoms with Gasteiger partial charge in [-0.05, 0) is 42.0 Å². The average molecular weight is 285 g/mol. The fourth-order valence-corrected chi connectivity index (χ4v) is 1.60. The maximum absolute atomic E-state index is 12.7. The Morgan fingerprint density at radius 3 is 2.20 bits per heavy atom. The fourth-order valence-electron chi connectivity index (χ4n) is 1.60. The van der Waals surface area contributed by atoms with Gasteiger partial charge >= 0.3 is 6.18 Å². The largest absolute Gasteiger partial charge is 0.457 e. The third-order valence-corrected chi connectivity index (χ3v) is 2.62. The first-order valence-corrected chi connectivity index (χ1v) is 5.72. The van der Waals surface area contributed by atoms with Gasteiger partial charge in [0.2, 0.25) is 0 Å². The van der Waals surface area contributed by atoms with Crippen molar-refractivity contribution < 1.29 is 22.3 Å². The first-order chi connectivity index (χ1) is 9.36. The molecule has 2 nitrogen and oxygen atoms in total. The van der Waals surface area contributed by atoms with Crippen molar-refractivity contribution in [2.75, 3.05) is 0 Å². The van der Waals surface area contributed by atoms with Crippen LogP contribution in [0.5, 0.6) is 11.5 Å². The van der Waals surface area contributed by atoms with Gasteiger partial charge in [0.15, 0.2) is 0 Å². The summed E-state index contributed by atoms with van der Waals surface area (Å²) in [6.45, 7) is 0. The molecule has 0 bridgehead atoms. The topological polar surface area (TPSA) is 35.2 Å². The maximum atomic E-state index is 12.7. The number of rotatable bonds is 3.